The zero-order chi connectivity index (χ0) is 18.1. The summed E-state index contributed by atoms with van der Waals surface area (Å²) < 4.78 is 5.29. The van der Waals surface area contributed by atoms with Crippen molar-refractivity contribution in [3.05, 3.63) is 52.5 Å². The molecule has 5 nitrogen and oxygen atoms in total. The van der Waals surface area contributed by atoms with Crippen LogP contribution in [-0.4, -0.2) is 25.0 Å². The molecular formula is C19H19ClN2O3. The second kappa shape index (κ2) is 6.76. The summed E-state index contributed by atoms with van der Waals surface area (Å²) >= 11 is 6.03. The van der Waals surface area contributed by atoms with Crippen molar-refractivity contribution in [3.63, 3.8) is 0 Å². The largest absolute Gasteiger partial charge is 0.495 e. The Balaban J connectivity index is 1.88. The Morgan fingerprint density at radius 1 is 1.16 bits per heavy atom. The van der Waals surface area contributed by atoms with E-state index in [0.717, 1.165) is 11.1 Å². The number of nitrogens with zero attached hydrogens (tertiary/aromatic N) is 1. The first-order valence-corrected chi connectivity index (χ1v) is 8.32. The smallest absolute Gasteiger partial charge is 0.256 e. The van der Waals surface area contributed by atoms with Gasteiger partial charge >= 0.3 is 0 Å². The number of nitrogens with one attached hydrogen (secondary N) is 1. The average Bonchev–Trinajstić information content (AvgIpc) is 2.82. The second-order valence-electron chi connectivity index (χ2n) is 6.10. The molecule has 1 N–H and O–H groups in total. The van der Waals surface area contributed by atoms with Gasteiger partial charge in [0, 0.05) is 5.02 Å². The molecule has 130 valence electrons. The molecule has 0 radical (unpaired) electrons. The molecule has 1 aliphatic heterocycles. The molecule has 0 aliphatic carbocycles. The van der Waals surface area contributed by atoms with Gasteiger partial charge in [-0.05, 0) is 43.7 Å². The first kappa shape index (κ1) is 17.3. The zero-order valence-electron chi connectivity index (χ0n) is 14.3. The van der Waals surface area contributed by atoms with Gasteiger partial charge in [0.05, 0.1) is 24.9 Å². The Morgan fingerprint density at radius 3 is 2.60 bits per heavy atom. The first-order chi connectivity index (χ1) is 11.9. The van der Waals surface area contributed by atoms with Crippen molar-refractivity contribution in [3.8, 4) is 5.75 Å². The van der Waals surface area contributed by atoms with Crippen molar-refractivity contribution < 1.29 is 14.3 Å². The maximum atomic E-state index is 12.8. The third-order valence-electron chi connectivity index (χ3n) is 4.23. The Kier molecular flexibility index (Phi) is 4.68. The van der Waals surface area contributed by atoms with Crippen molar-refractivity contribution in [2.75, 3.05) is 17.3 Å². The number of methoxy groups -OCH3 is 1. The Hall–Kier alpha value is -2.53. The van der Waals surface area contributed by atoms with Gasteiger partial charge in [0.15, 0.2) is 0 Å². The number of hydrogen-bond donors (Lipinski definition) is 1. The number of carbonyl (C=O) groups is 2. The summed E-state index contributed by atoms with van der Waals surface area (Å²) in [5, 5.41) is 3.61. The highest BCUT2D eigenvalue weighted by Gasteiger charge is 2.40. The molecule has 0 saturated carbocycles. The molecule has 2 amide bonds. The van der Waals surface area contributed by atoms with E-state index in [-0.39, 0.29) is 18.2 Å². The number of carbonyl (C=O) groups excluding carboxylic acids is 2. The highest BCUT2D eigenvalue weighted by atomic mass is 35.5. The molecule has 3 rings (SSSR count). The van der Waals surface area contributed by atoms with E-state index in [0.29, 0.717) is 22.1 Å². The van der Waals surface area contributed by atoms with Crippen LogP contribution in [0.2, 0.25) is 5.02 Å². The molecule has 25 heavy (non-hydrogen) atoms. The topological polar surface area (TPSA) is 58.6 Å². The highest BCUT2D eigenvalue weighted by molar-refractivity contribution is 6.31. The van der Waals surface area contributed by atoms with Gasteiger partial charge in [-0.3, -0.25) is 9.59 Å². The standard InChI is InChI=1S/C19H19ClN2O3/c1-11-4-6-16(12(2)8-11)22-18(23)10-15(19(22)24)21-14-9-13(20)5-7-17(14)25-3/h4-9,15,21H,10H2,1-3H3/t15-/m1/s1. The molecule has 1 heterocycles. The van der Waals surface area contributed by atoms with Crippen molar-refractivity contribution in [2.24, 2.45) is 0 Å². The normalized spacial score (nSPS) is 17.1. The first-order valence-electron chi connectivity index (χ1n) is 7.95. The minimum absolute atomic E-state index is 0.0851. The number of aryl methyl sites for hydroxylation is 2. The number of imide groups is 1. The molecule has 6 heteroatoms. The van der Waals surface area contributed by atoms with Crippen molar-refractivity contribution >= 4 is 34.8 Å². The predicted octanol–water partition coefficient (Wildman–Crippen LogP) is 3.71. The molecule has 0 aromatic heterocycles. The highest BCUT2D eigenvalue weighted by Crippen LogP contribution is 2.32. The van der Waals surface area contributed by atoms with Crippen LogP contribution in [0.25, 0.3) is 0 Å². The number of hydrogen-bond acceptors (Lipinski definition) is 4. The fourth-order valence-electron chi connectivity index (χ4n) is 3.03. The van der Waals surface area contributed by atoms with Crippen LogP contribution in [0.4, 0.5) is 11.4 Å². The molecule has 1 fully saturated rings. The lowest BCUT2D eigenvalue weighted by molar-refractivity contribution is -0.121. The van der Waals surface area contributed by atoms with E-state index in [9.17, 15) is 9.59 Å². The van der Waals surface area contributed by atoms with Gasteiger partial charge in [0.2, 0.25) is 5.91 Å². The third kappa shape index (κ3) is 3.33. The van der Waals surface area contributed by atoms with Crippen molar-refractivity contribution in [1.82, 2.24) is 0 Å². The van der Waals surface area contributed by atoms with Crippen molar-refractivity contribution in [1.29, 1.82) is 0 Å². The van der Waals surface area contributed by atoms with Gasteiger partial charge in [-0.15, -0.1) is 0 Å². The molecular weight excluding hydrogens is 340 g/mol. The van der Waals surface area contributed by atoms with Gasteiger partial charge in [0.25, 0.3) is 5.91 Å². The van der Waals surface area contributed by atoms with Crippen LogP contribution < -0.4 is 15.0 Å². The van der Waals surface area contributed by atoms with Crippen LogP contribution in [0, 0.1) is 13.8 Å². The summed E-state index contributed by atoms with van der Waals surface area (Å²) in [5.74, 6) is 0.0593. The van der Waals surface area contributed by atoms with Gasteiger partial charge in [-0.2, -0.15) is 0 Å². The second-order valence-corrected chi connectivity index (χ2v) is 6.54. The predicted molar refractivity (Wildman–Crippen MR) is 98.4 cm³/mol. The monoisotopic (exact) mass is 358 g/mol. The fourth-order valence-corrected chi connectivity index (χ4v) is 3.21. The van der Waals surface area contributed by atoms with E-state index >= 15 is 0 Å². The van der Waals surface area contributed by atoms with Gasteiger partial charge < -0.3 is 10.1 Å². The van der Waals surface area contributed by atoms with Crippen LogP contribution in [0.5, 0.6) is 5.75 Å². The summed E-state index contributed by atoms with van der Waals surface area (Å²) in [4.78, 5) is 26.5. The zero-order valence-corrected chi connectivity index (χ0v) is 15.1. The van der Waals surface area contributed by atoms with Gasteiger partial charge in [-0.1, -0.05) is 29.3 Å². The number of benzene rings is 2. The Morgan fingerprint density at radius 2 is 1.92 bits per heavy atom. The summed E-state index contributed by atoms with van der Waals surface area (Å²) in [6.45, 7) is 3.86. The van der Waals surface area contributed by atoms with E-state index in [2.05, 4.69) is 5.32 Å². The number of rotatable bonds is 4. The van der Waals surface area contributed by atoms with Crippen molar-refractivity contribution in [2.45, 2.75) is 26.3 Å². The van der Waals surface area contributed by atoms with E-state index < -0.39 is 6.04 Å². The van der Waals surface area contributed by atoms with E-state index in [1.54, 1.807) is 18.2 Å². The van der Waals surface area contributed by atoms with Crippen LogP contribution in [0.1, 0.15) is 17.5 Å². The Labute approximate surface area is 151 Å². The molecule has 0 unspecified atom stereocenters. The molecule has 1 aliphatic rings. The lowest BCUT2D eigenvalue weighted by Gasteiger charge is -2.19. The fraction of sp³-hybridized carbons (Fsp3) is 0.263. The molecule has 1 saturated heterocycles. The molecule has 0 spiro atoms. The molecule has 1 atom stereocenters. The SMILES string of the molecule is COc1ccc(Cl)cc1N[C@@H]1CC(=O)N(c2ccc(C)cc2C)C1=O. The molecule has 0 bridgehead atoms. The number of halogens is 1. The lowest BCUT2D eigenvalue weighted by Crippen LogP contribution is -2.35. The molecule has 2 aromatic carbocycles. The summed E-state index contributed by atoms with van der Waals surface area (Å²) in [7, 11) is 1.54. The summed E-state index contributed by atoms with van der Waals surface area (Å²) in [5.41, 5.74) is 3.19. The third-order valence-corrected chi connectivity index (χ3v) is 4.47. The van der Waals surface area contributed by atoms with Crippen LogP contribution in [0.3, 0.4) is 0 Å². The van der Waals surface area contributed by atoms with E-state index in [1.165, 1.54) is 12.0 Å². The minimum atomic E-state index is -0.652. The maximum absolute atomic E-state index is 12.8. The van der Waals surface area contributed by atoms with Gasteiger partial charge in [0.1, 0.15) is 11.8 Å². The lowest BCUT2D eigenvalue weighted by atomic mass is 10.1. The molecule has 2 aromatic rings. The van der Waals surface area contributed by atoms with Crippen LogP contribution in [-0.2, 0) is 9.59 Å². The number of anilines is 2. The van der Waals surface area contributed by atoms with Crippen LogP contribution >= 0.6 is 11.6 Å². The Bertz CT molecular complexity index is 851. The van der Waals surface area contributed by atoms with E-state index in [4.69, 9.17) is 16.3 Å². The summed E-state index contributed by atoms with van der Waals surface area (Å²) in [6.07, 6.45) is 0.0851. The maximum Gasteiger partial charge on any atom is 0.256 e. The van der Waals surface area contributed by atoms with Gasteiger partial charge in [-0.25, -0.2) is 4.90 Å². The summed E-state index contributed by atoms with van der Waals surface area (Å²) in [6, 6.07) is 10.1. The van der Waals surface area contributed by atoms with Crippen LogP contribution in [0.15, 0.2) is 36.4 Å². The number of ether oxygens (including phenoxy) is 1. The van der Waals surface area contributed by atoms with E-state index in [1.807, 2.05) is 32.0 Å². The quantitative estimate of drug-likeness (QED) is 0.846. The number of amides is 2. The minimum Gasteiger partial charge on any atom is -0.495 e. The average molecular weight is 359 g/mol.